The van der Waals surface area contributed by atoms with Crippen LogP contribution in [0.15, 0.2) is 147 Å². The Hall–Kier alpha value is -6.16. The molecule has 0 atom stereocenters. The smallest absolute Gasteiger partial charge is 0.233 e. The third kappa shape index (κ3) is 6.52. The molecule has 0 fully saturated rings. The largest absolute Gasteiger partial charge is 0.507 e. The lowest BCUT2D eigenvalue weighted by atomic mass is 10.1. The van der Waals surface area contributed by atoms with Crippen LogP contribution in [0.25, 0.3) is 10.8 Å². The Morgan fingerprint density at radius 3 is 2.19 bits per heavy atom. The lowest BCUT2D eigenvalue weighted by molar-refractivity contribution is 0.474. The molecule has 5 aromatic carbocycles. The number of nitrogens with one attached hydrogen (secondary N) is 3. The number of nitrogens with zero attached hydrogens (tertiary/aromatic N) is 6. The third-order valence-corrected chi connectivity index (χ3v) is 6.10. The number of aromatic amines is 2. The Morgan fingerprint density at radius 2 is 1.38 bits per heavy atom. The van der Waals surface area contributed by atoms with Crippen molar-refractivity contribution in [1.29, 1.82) is 0 Å². The second-order valence-corrected chi connectivity index (χ2v) is 9.09. The van der Waals surface area contributed by atoms with Gasteiger partial charge in [-0.15, -0.1) is 5.11 Å². The molecule has 0 amide bonds. The molecule has 0 aliphatic carbocycles. The Morgan fingerprint density at radius 1 is 0.667 bits per heavy atom. The number of fused-ring (bicyclic) bond motifs is 1. The highest BCUT2D eigenvalue weighted by Gasteiger charge is 2.03. The topological polar surface area (TPSA) is 139 Å². The molecule has 0 spiro atoms. The van der Waals surface area contributed by atoms with E-state index in [0.29, 0.717) is 28.4 Å². The fourth-order valence-electron chi connectivity index (χ4n) is 4.11. The number of aromatic nitrogens is 3. The molecule has 0 aliphatic heterocycles. The fourth-order valence-corrected chi connectivity index (χ4v) is 4.11. The average molecular weight is 552 g/mol. The Kier molecular flexibility index (Phi) is 7.67. The predicted octanol–water partition coefficient (Wildman–Crippen LogP) is 6.92. The third-order valence-electron chi connectivity index (χ3n) is 6.10. The summed E-state index contributed by atoms with van der Waals surface area (Å²) in [5.74, 6) is 0.336. The van der Waals surface area contributed by atoms with Crippen LogP contribution in [0.3, 0.4) is 0 Å². The number of aromatic hydroxyl groups is 1. The Balaban J connectivity index is 1.27. The quantitative estimate of drug-likeness (QED) is 0.0972. The minimum Gasteiger partial charge on any atom is -0.507 e. The Bertz CT molecular complexity index is 1950. The van der Waals surface area contributed by atoms with E-state index in [0.717, 1.165) is 27.8 Å². The van der Waals surface area contributed by atoms with Crippen LogP contribution in [0, 0.1) is 0 Å². The maximum absolute atomic E-state index is 10.4. The molecule has 10 nitrogen and oxygen atoms in total. The van der Waals surface area contributed by atoms with Crippen molar-refractivity contribution in [3.63, 3.8) is 0 Å². The number of H-pyrrole nitrogens is 2. The molecular formula is C32H25N9O. The summed E-state index contributed by atoms with van der Waals surface area (Å²) in [5.41, 5.74) is 6.86. The Labute approximate surface area is 240 Å². The number of hydrogen-bond acceptors (Lipinski definition) is 8. The molecule has 0 aliphatic rings. The van der Waals surface area contributed by atoms with Gasteiger partial charge in [0.25, 0.3) is 0 Å². The van der Waals surface area contributed by atoms with Crippen molar-refractivity contribution in [3.8, 4) is 5.75 Å². The summed E-state index contributed by atoms with van der Waals surface area (Å²) in [5, 5.41) is 25.6. The number of para-hydroxylation sites is 2. The number of phenolic OH excluding ortho intramolecular Hbond substituents is 1. The number of hydrazone groups is 1. The molecule has 6 aromatic rings. The zero-order valence-electron chi connectivity index (χ0n) is 22.3. The zero-order valence-corrected chi connectivity index (χ0v) is 22.3. The fraction of sp³-hybridized carbons (Fsp3) is 0. The van der Waals surface area contributed by atoms with Gasteiger partial charge in [-0.05, 0) is 53.9 Å². The number of phenols is 1. The summed E-state index contributed by atoms with van der Waals surface area (Å²) >= 11 is 0. The van der Waals surface area contributed by atoms with E-state index in [1.807, 2.05) is 103 Å². The number of rotatable bonds is 7. The summed E-state index contributed by atoms with van der Waals surface area (Å²) < 4.78 is 0. The molecule has 10 heteroatoms. The van der Waals surface area contributed by atoms with Gasteiger partial charge in [0.1, 0.15) is 5.75 Å². The first-order chi connectivity index (χ1) is 20.7. The highest BCUT2D eigenvalue weighted by atomic mass is 16.3. The van der Waals surface area contributed by atoms with Gasteiger partial charge in [-0.25, -0.2) is 15.4 Å². The molecule has 6 rings (SSSR count). The van der Waals surface area contributed by atoms with Crippen LogP contribution in [0.1, 0.15) is 5.56 Å². The van der Waals surface area contributed by atoms with Gasteiger partial charge in [-0.3, -0.25) is 9.97 Å². The van der Waals surface area contributed by atoms with Gasteiger partial charge in [0.15, 0.2) is 0 Å². The van der Waals surface area contributed by atoms with Gasteiger partial charge >= 0.3 is 0 Å². The van der Waals surface area contributed by atoms with Crippen molar-refractivity contribution < 1.29 is 5.11 Å². The minimum absolute atomic E-state index is 0.0440. The van der Waals surface area contributed by atoms with E-state index in [9.17, 15) is 5.11 Å². The molecule has 0 bridgehead atoms. The number of benzene rings is 5. The van der Waals surface area contributed by atoms with Gasteiger partial charge in [-0.2, -0.15) is 15.2 Å². The molecule has 4 N–H and O–H groups in total. The summed E-state index contributed by atoms with van der Waals surface area (Å²) in [6.45, 7) is 0. The number of hydrogen-bond donors (Lipinski definition) is 4. The predicted molar refractivity (Wildman–Crippen MR) is 164 cm³/mol. The lowest BCUT2D eigenvalue weighted by Crippen LogP contribution is -2.28. The average Bonchev–Trinajstić information content (AvgIpc) is 3.02. The minimum atomic E-state index is 0.0440. The van der Waals surface area contributed by atoms with Gasteiger partial charge in [-0.1, -0.05) is 72.8 Å². The highest BCUT2D eigenvalue weighted by Crippen LogP contribution is 2.28. The maximum Gasteiger partial charge on any atom is 0.233 e. The second-order valence-electron chi connectivity index (χ2n) is 9.09. The van der Waals surface area contributed by atoms with Crippen LogP contribution in [0.5, 0.6) is 5.75 Å². The molecule has 42 heavy (non-hydrogen) atoms. The number of anilines is 1. The van der Waals surface area contributed by atoms with Crippen molar-refractivity contribution in [2.75, 3.05) is 5.43 Å². The molecule has 0 saturated heterocycles. The van der Waals surface area contributed by atoms with E-state index in [1.165, 1.54) is 6.21 Å². The summed E-state index contributed by atoms with van der Waals surface area (Å²) in [6.07, 6.45) is 1.47. The van der Waals surface area contributed by atoms with Gasteiger partial charge < -0.3 is 5.11 Å². The molecule has 0 saturated carbocycles. The van der Waals surface area contributed by atoms with E-state index in [1.54, 1.807) is 18.2 Å². The molecular weight excluding hydrogens is 526 g/mol. The van der Waals surface area contributed by atoms with Crippen molar-refractivity contribution >= 4 is 45.7 Å². The van der Waals surface area contributed by atoms with Crippen LogP contribution in [0.2, 0.25) is 0 Å². The van der Waals surface area contributed by atoms with Crippen LogP contribution < -0.4 is 16.7 Å². The first-order valence-corrected chi connectivity index (χ1v) is 13.1. The van der Waals surface area contributed by atoms with Crippen molar-refractivity contribution in [2.45, 2.75) is 0 Å². The molecule has 204 valence electrons. The number of azo groups is 1. The van der Waals surface area contributed by atoms with Crippen molar-refractivity contribution in [3.05, 3.63) is 138 Å². The van der Waals surface area contributed by atoms with Crippen LogP contribution in [-0.2, 0) is 0 Å². The van der Waals surface area contributed by atoms with E-state index < -0.39 is 0 Å². The standard InChI is InChI=1S/C32H25N9O/c42-29-19-18-26(39-40-28-17-9-11-22-10-7-8-16-27(22)28)20-23(29)21-33-41-32-37-30(34-24-12-3-1-4-13-24)36-31(38-32)35-25-14-5-2-6-15-25/h1-21,42H,(H3,34,35,36,37,38,41)/b33-21-,40-39?. The molecule has 0 radical (unpaired) electrons. The van der Waals surface area contributed by atoms with Gasteiger partial charge in [0.2, 0.25) is 17.2 Å². The van der Waals surface area contributed by atoms with E-state index in [2.05, 4.69) is 45.7 Å². The van der Waals surface area contributed by atoms with E-state index in [-0.39, 0.29) is 5.75 Å². The van der Waals surface area contributed by atoms with Crippen LogP contribution >= 0.6 is 0 Å². The summed E-state index contributed by atoms with van der Waals surface area (Å²) in [6, 6.07) is 37.8. The summed E-state index contributed by atoms with van der Waals surface area (Å²) in [4.78, 5) is 19.8. The highest BCUT2D eigenvalue weighted by molar-refractivity contribution is 5.92. The van der Waals surface area contributed by atoms with Gasteiger partial charge in [0, 0.05) is 10.9 Å². The zero-order chi connectivity index (χ0) is 28.6. The van der Waals surface area contributed by atoms with E-state index in [4.69, 9.17) is 0 Å². The van der Waals surface area contributed by atoms with Crippen molar-refractivity contribution in [2.24, 2.45) is 25.3 Å². The second kappa shape index (κ2) is 12.3. The first kappa shape index (κ1) is 26.1. The SMILES string of the molecule is Oc1ccc(N=Nc2cccc3ccccc23)cc1/C=N\Nc1nc(=Nc2ccccc2)[nH]c(=Nc2ccccc2)[nH]1. The molecule has 0 unspecified atom stereocenters. The first-order valence-electron chi connectivity index (χ1n) is 13.1. The summed E-state index contributed by atoms with van der Waals surface area (Å²) in [7, 11) is 0. The normalized spacial score (nSPS) is 12.5. The molecule has 1 heterocycles. The van der Waals surface area contributed by atoms with Crippen molar-refractivity contribution in [1.82, 2.24) is 15.0 Å². The molecule has 1 aromatic heterocycles. The van der Waals surface area contributed by atoms with Crippen LogP contribution in [-0.4, -0.2) is 26.3 Å². The van der Waals surface area contributed by atoms with E-state index >= 15 is 0 Å². The maximum atomic E-state index is 10.4. The van der Waals surface area contributed by atoms with Crippen LogP contribution in [0.4, 0.5) is 28.7 Å². The van der Waals surface area contributed by atoms with Gasteiger partial charge in [0.05, 0.1) is 29.0 Å². The lowest BCUT2D eigenvalue weighted by Gasteiger charge is -2.03. The monoisotopic (exact) mass is 551 g/mol.